The average molecular weight is 386 g/mol. The van der Waals surface area contributed by atoms with E-state index in [2.05, 4.69) is 39.6 Å². The van der Waals surface area contributed by atoms with Gasteiger partial charge in [-0.25, -0.2) is 0 Å². The second kappa shape index (κ2) is 8.76. The number of hydrogen-bond acceptors (Lipinski definition) is 4. The second-order valence-corrected chi connectivity index (χ2v) is 6.63. The third-order valence-corrected chi connectivity index (χ3v) is 4.10. The largest absolute Gasteiger partial charge is 0.492 e. The van der Waals surface area contributed by atoms with E-state index >= 15 is 0 Å². The maximum atomic E-state index is 6.99. The van der Waals surface area contributed by atoms with E-state index in [1.165, 1.54) is 0 Å². The second-order valence-electron chi connectivity index (χ2n) is 5.71. The molecule has 0 radical (unpaired) electrons. The van der Waals surface area contributed by atoms with Crippen molar-refractivity contribution in [2.24, 2.45) is 0 Å². The lowest BCUT2D eigenvalue weighted by Gasteiger charge is -2.45. The van der Waals surface area contributed by atoms with Crippen LogP contribution in [0, 0.1) is 23.7 Å². The number of unbranched alkanes of at least 4 members (excludes halogenated alkanes) is 2. The highest BCUT2D eigenvalue weighted by molar-refractivity contribution is 9.11. The van der Waals surface area contributed by atoms with Crippen LogP contribution in [-0.4, -0.2) is 37.3 Å². The Morgan fingerprint density at radius 2 is 2.22 bits per heavy atom. The van der Waals surface area contributed by atoms with Gasteiger partial charge in [-0.1, -0.05) is 5.92 Å². The molecule has 0 bridgehead atoms. The Labute approximate surface area is 151 Å². The normalized spacial score (nSPS) is 30.7. The molecule has 1 fully saturated rings. The first kappa shape index (κ1) is 14.4. The zero-order valence-corrected chi connectivity index (χ0v) is 14.9. The summed E-state index contributed by atoms with van der Waals surface area (Å²) in [7, 11) is 0. The van der Waals surface area contributed by atoms with Crippen LogP contribution in [0.5, 0.6) is 0 Å². The van der Waals surface area contributed by atoms with Gasteiger partial charge in [0.15, 0.2) is 11.9 Å². The van der Waals surface area contributed by atoms with Crippen LogP contribution in [0.15, 0.2) is 10.7 Å². The van der Waals surface area contributed by atoms with Gasteiger partial charge in [0, 0.05) is 17.0 Å². The highest BCUT2D eigenvalue weighted by atomic mass is 79.9. The number of fused-ring (bicyclic) bond motifs is 1. The summed E-state index contributed by atoms with van der Waals surface area (Å²) in [5.74, 6) is 10.2. The Morgan fingerprint density at radius 3 is 3.04 bits per heavy atom. The third-order valence-electron chi connectivity index (χ3n) is 3.46. The van der Waals surface area contributed by atoms with Crippen LogP contribution in [0.25, 0.3) is 0 Å². The predicted molar refractivity (Wildman–Crippen MR) is 91.6 cm³/mol. The lowest BCUT2D eigenvalue weighted by atomic mass is 10.0. The van der Waals surface area contributed by atoms with Gasteiger partial charge >= 0.3 is 0 Å². The molecule has 4 nitrogen and oxygen atoms in total. The van der Waals surface area contributed by atoms with Crippen LogP contribution in [0.1, 0.15) is 44.1 Å². The van der Waals surface area contributed by atoms with E-state index in [0.29, 0.717) is 19.4 Å². The molecular formula is C18H23BrO4. The molecule has 0 aromatic heterocycles. The van der Waals surface area contributed by atoms with Crippen molar-refractivity contribution in [2.75, 3.05) is 13.2 Å². The molecule has 2 aliphatic heterocycles. The highest BCUT2D eigenvalue weighted by Crippen LogP contribution is 2.34. The van der Waals surface area contributed by atoms with E-state index in [1.54, 1.807) is 6.26 Å². The monoisotopic (exact) mass is 385 g/mol. The van der Waals surface area contributed by atoms with Crippen molar-refractivity contribution < 1.29 is 23.1 Å². The number of halogens is 1. The van der Waals surface area contributed by atoms with E-state index < -0.39 is 12.6 Å². The minimum atomic E-state index is -2.18. The van der Waals surface area contributed by atoms with Crippen LogP contribution in [0.3, 0.4) is 0 Å². The lowest BCUT2D eigenvalue weighted by molar-refractivity contribution is -0.321. The summed E-state index contributed by atoms with van der Waals surface area (Å²) in [6.45, 7) is 2.26. The molecule has 0 unspecified atom stereocenters. The van der Waals surface area contributed by atoms with Gasteiger partial charge in [-0.15, -0.1) is 17.8 Å². The number of rotatable bonds is 4. The maximum absolute atomic E-state index is 6.99. The molecule has 2 rings (SSSR count). The van der Waals surface area contributed by atoms with Gasteiger partial charge in [-0.3, -0.25) is 0 Å². The topological polar surface area (TPSA) is 36.9 Å². The fourth-order valence-electron chi connectivity index (χ4n) is 2.34. The fourth-order valence-corrected chi connectivity index (χ4v) is 2.84. The Hall–Kier alpha value is -0.980. The summed E-state index contributed by atoms with van der Waals surface area (Å²) in [5.41, 5.74) is 0. The first-order valence-corrected chi connectivity index (χ1v) is 8.37. The average Bonchev–Trinajstić information content (AvgIpc) is 2.53. The molecule has 0 N–H and O–H groups in total. The zero-order chi connectivity index (χ0) is 19.2. The molecule has 0 aromatic carbocycles. The molecule has 0 saturated carbocycles. The van der Waals surface area contributed by atoms with Crippen molar-refractivity contribution in [3.63, 3.8) is 0 Å². The molecule has 3 atom stereocenters. The van der Waals surface area contributed by atoms with Crippen molar-refractivity contribution in [1.82, 2.24) is 0 Å². The smallest absolute Gasteiger partial charge is 0.163 e. The van der Waals surface area contributed by atoms with Crippen LogP contribution in [0.2, 0.25) is 0 Å². The number of ether oxygens (including phenoxy) is 4. The van der Waals surface area contributed by atoms with Crippen LogP contribution in [-0.2, 0) is 18.9 Å². The van der Waals surface area contributed by atoms with E-state index in [4.69, 9.17) is 23.1 Å². The standard InChI is InChI=1S/C18H23BrO4/c1-4-5-6-7-8-9-10-11-20-16-14(19)12-21-15-13-22-18(2,3)23-17(15)16/h12,15-17H,6-8,11,13H2,1-3H3/t15-,16-,17-/m1/s1/i1D3. The Kier molecular flexibility index (Phi) is 5.47. The summed E-state index contributed by atoms with van der Waals surface area (Å²) in [4.78, 5) is 0. The minimum Gasteiger partial charge on any atom is -0.492 e. The van der Waals surface area contributed by atoms with Gasteiger partial charge in [0.25, 0.3) is 0 Å². The molecule has 0 aliphatic carbocycles. The van der Waals surface area contributed by atoms with Gasteiger partial charge < -0.3 is 18.9 Å². The van der Waals surface area contributed by atoms with Crippen molar-refractivity contribution in [3.8, 4) is 23.7 Å². The van der Waals surface area contributed by atoms with Crippen molar-refractivity contribution in [3.05, 3.63) is 10.7 Å². The summed E-state index contributed by atoms with van der Waals surface area (Å²) in [6, 6.07) is 0. The Morgan fingerprint density at radius 1 is 1.39 bits per heavy atom. The van der Waals surface area contributed by atoms with E-state index in [0.717, 1.165) is 10.9 Å². The van der Waals surface area contributed by atoms with Crippen molar-refractivity contribution in [2.45, 2.75) is 64.1 Å². The van der Waals surface area contributed by atoms with Gasteiger partial charge in [-0.2, -0.15) is 0 Å². The van der Waals surface area contributed by atoms with E-state index in [9.17, 15) is 0 Å². The molecule has 0 amide bonds. The van der Waals surface area contributed by atoms with Crippen LogP contribution in [0.4, 0.5) is 0 Å². The molecule has 23 heavy (non-hydrogen) atoms. The SMILES string of the molecule is [2H]C([2H])([2H])C#CCCCC#CCO[C@@H]1C(Br)=CO[C@@H]2COC(C)(C)O[C@@H]12. The zero-order valence-electron chi connectivity index (χ0n) is 16.4. The summed E-state index contributed by atoms with van der Waals surface area (Å²) < 4.78 is 44.8. The summed E-state index contributed by atoms with van der Waals surface area (Å²) in [6.07, 6.45) is 2.75. The lowest BCUT2D eigenvalue weighted by Crippen LogP contribution is -2.56. The van der Waals surface area contributed by atoms with Gasteiger partial charge in [0.1, 0.15) is 18.8 Å². The number of hydrogen-bond donors (Lipinski definition) is 0. The van der Waals surface area contributed by atoms with Crippen LogP contribution < -0.4 is 0 Å². The quantitative estimate of drug-likeness (QED) is 0.549. The fraction of sp³-hybridized carbons (Fsp3) is 0.667. The van der Waals surface area contributed by atoms with Gasteiger partial charge in [-0.05, 0) is 43.1 Å². The molecule has 5 heteroatoms. The molecule has 0 aromatic rings. The molecule has 2 heterocycles. The van der Waals surface area contributed by atoms with Crippen molar-refractivity contribution in [1.29, 1.82) is 0 Å². The molecule has 1 saturated heterocycles. The molecular weight excluding hydrogens is 360 g/mol. The molecule has 2 aliphatic rings. The van der Waals surface area contributed by atoms with Crippen LogP contribution >= 0.6 is 15.9 Å². The van der Waals surface area contributed by atoms with E-state index in [-0.39, 0.29) is 24.9 Å². The summed E-state index contributed by atoms with van der Waals surface area (Å²) in [5, 5.41) is 0. The Balaban J connectivity index is 1.76. The predicted octanol–water partition coefficient (Wildman–Crippen LogP) is 3.36. The maximum Gasteiger partial charge on any atom is 0.163 e. The van der Waals surface area contributed by atoms with Crippen molar-refractivity contribution >= 4 is 15.9 Å². The summed E-state index contributed by atoms with van der Waals surface area (Å²) >= 11 is 3.46. The first-order valence-electron chi connectivity index (χ1n) is 9.08. The molecule has 0 spiro atoms. The Bertz CT molecular complexity index is 637. The first-order chi connectivity index (χ1) is 12.2. The minimum absolute atomic E-state index is 0.209. The van der Waals surface area contributed by atoms with Gasteiger partial charge in [0.05, 0.1) is 17.4 Å². The van der Waals surface area contributed by atoms with Gasteiger partial charge in [0.2, 0.25) is 0 Å². The molecule has 126 valence electrons. The highest BCUT2D eigenvalue weighted by Gasteiger charge is 2.45. The third kappa shape index (κ3) is 5.55. The van der Waals surface area contributed by atoms with E-state index in [1.807, 2.05) is 13.8 Å².